The molecule has 0 bridgehead atoms. The van der Waals surface area contributed by atoms with E-state index in [0.717, 1.165) is 12.1 Å². The number of fused-ring (bicyclic) bond motifs is 3. The third-order valence-corrected chi connectivity index (χ3v) is 6.21. The number of carbonyl (C=O) groups excluding carboxylic acids is 1. The fourth-order valence-electron chi connectivity index (χ4n) is 4.96. The van der Waals surface area contributed by atoms with Crippen molar-refractivity contribution in [3.05, 3.63) is 58.2 Å². The molecule has 2 aliphatic rings. The number of hydrogen-bond acceptors (Lipinski definition) is 6. The van der Waals surface area contributed by atoms with Crippen LogP contribution in [0.15, 0.2) is 40.1 Å². The number of amides is 1. The Morgan fingerprint density at radius 3 is 2.93 bits per heavy atom. The topological polar surface area (TPSA) is 101 Å². The smallest absolute Gasteiger partial charge is 0.258 e. The molecule has 1 saturated heterocycles. The van der Waals surface area contributed by atoms with Crippen molar-refractivity contribution in [3.8, 4) is 0 Å². The summed E-state index contributed by atoms with van der Waals surface area (Å²) in [5, 5.41) is 13.2. The number of carbonyl (C=O) groups is 1. The molecule has 0 radical (unpaired) electrons. The number of nitrogens with one attached hydrogen (secondary N) is 1. The molecule has 0 unspecified atom stereocenters. The van der Waals surface area contributed by atoms with Crippen molar-refractivity contribution in [2.45, 2.75) is 45.4 Å². The summed E-state index contributed by atoms with van der Waals surface area (Å²) in [5.41, 5.74) is 2.20. The van der Waals surface area contributed by atoms with Gasteiger partial charge < -0.3 is 19.4 Å². The Morgan fingerprint density at radius 1 is 1.43 bits per heavy atom. The molecular formula is C22H28N4O4. The molecule has 0 aromatic carbocycles. The van der Waals surface area contributed by atoms with Crippen molar-refractivity contribution in [3.63, 3.8) is 0 Å². The van der Waals surface area contributed by atoms with E-state index >= 15 is 0 Å². The first kappa shape index (κ1) is 20.6. The highest BCUT2D eigenvalue weighted by Gasteiger charge is 2.55. The van der Waals surface area contributed by atoms with E-state index < -0.39 is 6.04 Å². The number of aliphatic hydroxyl groups excluding tert-OH is 1. The summed E-state index contributed by atoms with van der Waals surface area (Å²) in [6.45, 7) is 5.25. The number of hydrogen-bond donors (Lipinski definition) is 2. The molecule has 160 valence electrons. The quantitative estimate of drug-likeness (QED) is 0.716. The van der Waals surface area contributed by atoms with Gasteiger partial charge in [-0.15, -0.1) is 0 Å². The van der Waals surface area contributed by atoms with E-state index in [2.05, 4.69) is 15.2 Å². The van der Waals surface area contributed by atoms with Gasteiger partial charge in [0.2, 0.25) is 5.91 Å². The highest BCUT2D eigenvalue weighted by Crippen LogP contribution is 2.49. The predicted molar refractivity (Wildman–Crippen MR) is 111 cm³/mol. The summed E-state index contributed by atoms with van der Waals surface area (Å²) >= 11 is 0. The molecular weight excluding hydrogens is 384 g/mol. The summed E-state index contributed by atoms with van der Waals surface area (Å²) in [6.07, 6.45) is 7.43. The second-order valence-electron chi connectivity index (χ2n) is 7.97. The maximum absolute atomic E-state index is 13.1. The largest absolute Gasteiger partial charge is 0.451 e. The van der Waals surface area contributed by atoms with Crippen LogP contribution in [0.1, 0.15) is 43.3 Å². The van der Waals surface area contributed by atoms with Gasteiger partial charge >= 0.3 is 0 Å². The van der Waals surface area contributed by atoms with Gasteiger partial charge in [0.1, 0.15) is 6.26 Å². The van der Waals surface area contributed by atoms with E-state index in [1.54, 1.807) is 16.9 Å². The molecule has 4 heterocycles. The molecule has 2 N–H and O–H groups in total. The van der Waals surface area contributed by atoms with Crippen LogP contribution in [-0.2, 0) is 17.9 Å². The van der Waals surface area contributed by atoms with Crippen LogP contribution in [-0.4, -0.2) is 44.7 Å². The molecule has 2 aromatic heterocycles. The zero-order chi connectivity index (χ0) is 21.3. The first-order valence-electron chi connectivity index (χ1n) is 10.5. The molecule has 8 nitrogen and oxygen atoms in total. The van der Waals surface area contributed by atoms with Crippen molar-refractivity contribution in [2.75, 3.05) is 13.2 Å². The molecule has 2 aromatic rings. The lowest BCUT2D eigenvalue weighted by Gasteiger charge is -2.30. The lowest BCUT2D eigenvalue weighted by atomic mass is 9.88. The molecule has 0 saturated carbocycles. The second-order valence-corrected chi connectivity index (χ2v) is 7.97. The first-order chi connectivity index (χ1) is 14.6. The number of aromatic nitrogens is 2. The van der Waals surface area contributed by atoms with E-state index in [9.17, 15) is 14.7 Å². The van der Waals surface area contributed by atoms with Gasteiger partial charge in [-0.25, -0.2) is 4.98 Å². The summed E-state index contributed by atoms with van der Waals surface area (Å²) in [7, 11) is 0. The fourth-order valence-corrected chi connectivity index (χ4v) is 4.96. The number of likely N-dealkylation sites (tertiary alicyclic amines) is 1. The van der Waals surface area contributed by atoms with Gasteiger partial charge in [0, 0.05) is 49.3 Å². The van der Waals surface area contributed by atoms with E-state index in [0.29, 0.717) is 30.9 Å². The Balaban J connectivity index is 1.76. The highest BCUT2D eigenvalue weighted by atomic mass is 16.3. The van der Waals surface area contributed by atoms with Crippen molar-refractivity contribution < 1.29 is 14.3 Å². The van der Waals surface area contributed by atoms with Gasteiger partial charge in [-0.1, -0.05) is 19.1 Å². The van der Waals surface area contributed by atoms with Crippen molar-refractivity contribution in [1.29, 1.82) is 0 Å². The van der Waals surface area contributed by atoms with Gasteiger partial charge in [-0.05, 0) is 25.5 Å². The minimum Gasteiger partial charge on any atom is -0.451 e. The van der Waals surface area contributed by atoms with E-state index in [4.69, 9.17) is 4.42 Å². The van der Waals surface area contributed by atoms with Gasteiger partial charge in [0.05, 0.1) is 17.8 Å². The van der Waals surface area contributed by atoms with Crippen molar-refractivity contribution in [2.24, 2.45) is 11.8 Å². The maximum atomic E-state index is 13.1. The van der Waals surface area contributed by atoms with Crippen LogP contribution in [0.3, 0.4) is 0 Å². The van der Waals surface area contributed by atoms with E-state index in [1.165, 1.54) is 6.39 Å². The zero-order valence-electron chi connectivity index (χ0n) is 17.3. The lowest BCUT2D eigenvalue weighted by molar-refractivity contribution is -0.128. The molecule has 4 atom stereocenters. The minimum absolute atomic E-state index is 0.0344. The van der Waals surface area contributed by atoms with Crippen LogP contribution in [0.5, 0.6) is 0 Å². The van der Waals surface area contributed by atoms with Gasteiger partial charge in [-0.2, -0.15) is 0 Å². The highest BCUT2D eigenvalue weighted by molar-refractivity contribution is 5.82. The summed E-state index contributed by atoms with van der Waals surface area (Å²) in [5.74, 6) is -0.399. The number of allylic oxidation sites excluding steroid dienone is 1. The normalized spacial score (nSPS) is 25.6. The number of oxazole rings is 1. The van der Waals surface area contributed by atoms with Crippen LogP contribution >= 0.6 is 0 Å². The third-order valence-electron chi connectivity index (χ3n) is 6.21. The summed E-state index contributed by atoms with van der Waals surface area (Å²) in [4.78, 5) is 32.4. The zero-order valence-corrected chi connectivity index (χ0v) is 17.3. The number of rotatable bonds is 7. The Labute approximate surface area is 175 Å². The maximum Gasteiger partial charge on any atom is 0.258 e. The molecule has 1 amide bonds. The third kappa shape index (κ3) is 3.40. The molecule has 2 aliphatic heterocycles. The monoisotopic (exact) mass is 412 g/mol. The van der Waals surface area contributed by atoms with E-state index in [1.807, 2.05) is 32.1 Å². The SMILES string of the molecule is C/C=C\c1ccc2n(c1=O)C[C@H]1[C@H](CO)[C@@H](C(=O)NCCC)N(Cc3cocn3)[C@@H]21. The number of pyridine rings is 1. The molecule has 30 heavy (non-hydrogen) atoms. The summed E-state index contributed by atoms with van der Waals surface area (Å²) in [6, 6.07) is 3.16. The average Bonchev–Trinajstić information content (AvgIpc) is 3.44. The standard InChI is InChI=1S/C22H28N4O4/c1-3-5-14-6-7-18-19-16(10-25(18)22(14)29)17(11-27)20(21(28)23-8-4-2)26(19)9-15-12-30-13-24-15/h3,5-7,12-13,16-17,19-20,27H,4,8-11H2,1-2H3,(H,23,28)/b5-3-/t16-,17-,19+,20-/m0/s1. The molecule has 0 aliphatic carbocycles. The fraction of sp³-hybridized carbons (Fsp3) is 0.500. The predicted octanol–water partition coefficient (Wildman–Crippen LogP) is 1.56. The molecule has 8 heteroatoms. The van der Waals surface area contributed by atoms with Crippen molar-refractivity contribution in [1.82, 2.24) is 19.8 Å². The minimum atomic E-state index is -0.493. The molecule has 1 fully saturated rings. The van der Waals surface area contributed by atoms with Crippen LogP contribution in [0.4, 0.5) is 0 Å². The molecule has 0 spiro atoms. The average molecular weight is 412 g/mol. The number of nitrogens with zero attached hydrogens (tertiary/aromatic N) is 3. The Hall–Kier alpha value is -2.71. The van der Waals surface area contributed by atoms with Crippen LogP contribution in [0, 0.1) is 11.8 Å². The van der Waals surface area contributed by atoms with Crippen LogP contribution in [0.25, 0.3) is 6.08 Å². The van der Waals surface area contributed by atoms with Crippen molar-refractivity contribution >= 4 is 12.0 Å². The van der Waals surface area contributed by atoms with Crippen LogP contribution in [0.2, 0.25) is 0 Å². The Morgan fingerprint density at radius 2 is 2.27 bits per heavy atom. The van der Waals surface area contributed by atoms with Gasteiger partial charge in [0.25, 0.3) is 5.56 Å². The number of aliphatic hydroxyl groups is 1. The van der Waals surface area contributed by atoms with Gasteiger partial charge in [-0.3, -0.25) is 14.5 Å². The lowest BCUT2D eigenvalue weighted by Crippen LogP contribution is -2.48. The van der Waals surface area contributed by atoms with Gasteiger partial charge in [0.15, 0.2) is 6.39 Å². The van der Waals surface area contributed by atoms with E-state index in [-0.39, 0.29) is 36.0 Å². The molecule has 4 rings (SSSR count). The summed E-state index contributed by atoms with van der Waals surface area (Å²) < 4.78 is 6.93. The second kappa shape index (κ2) is 8.57. The Bertz CT molecular complexity index is 982. The first-order valence-corrected chi connectivity index (χ1v) is 10.5. The van der Waals surface area contributed by atoms with Crippen LogP contribution < -0.4 is 10.9 Å². The Kier molecular flexibility index (Phi) is 5.87.